The Kier molecular flexibility index (Phi) is 3.93. The van der Waals surface area contributed by atoms with Crippen LogP contribution in [0.25, 0.3) is 0 Å². The summed E-state index contributed by atoms with van der Waals surface area (Å²) in [6.07, 6.45) is 0.959. The molecule has 0 fully saturated rings. The SMILES string of the molecule is CCCC(=O)N1C(=O)C(=Nc2ccccc2O)c2ccccc21. The fourth-order valence-electron chi connectivity index (χ4n) is 2.56. The van der Waals surface area contributed by atoms with Crippen LogP contribution >= 0.6 is 0 Å². The van der Waals surface area contributed by atoms with Gasteiger partial charge in [0.1, 0.15) is 17.1 Å². The lowest BCUT2D eigenvalue weighted by molar-refractivity contribution is -0.123. The zero-order valence-corrected chi connectivity index (χ0v) is 12.7. The molecule has 0 unspecified atom stereocenters. The van der Waals surface area contributed by atoms with Crippen LogP contribution in [0.5, 0.6) is 5.75 Å². The van der Waals surface area contributed by atoms with Gasteiger partial charge in [-0.2, -0.15) is 0 Å². The fourth-order valence-corrected chi connectivity index (χ4v) is 2.56. The molecule has 2 aromatic carbocycles. The van der Waals surface area contributed by atoms with Crippen molar-refractivity contribution in [3.63, 3.8) is 0 Å². The Morgan fingerprint density at radius 2 is 1.83 bits per heavy atom. The number of aromatic hydroxyl groups is 1. The van der Waals surface area contributed by atoms with Crippen molar-refractivity contribution in [3.05, 3.63) is 54.1 Å². The van der Waals surface area contributed by atoms with Gasteiger partial charge in [-0.1, -0.05) is 37.3 Å². The fraction of sp³-hybridized carbons (Fsp3) is 0.167. The van der Waals surface area contributed by atoms with Gasteiger partial charge in [0.25, 0.3) is 5.91 Å². The van der Waals surface area contributed by atoms with E-state index in [1.165, 1.54) is 11.0 Å². The molecule has 3 rings (SSSR count). The first-order valence-corrected chi connectivity index (χ1v) is 7.47. The minimum atomic E-state index is -0.451. The van der Waals surface area contributed by atoms with Gasteiger partial charge < -0.3 is 5.11 Å². The molecule has 0 saturated heterocycles. The van der Waals surface area contributed by atoms with E-state index in [4.69, 9.17) is 0 Å². The van der Waals surface area contributed by atoms with Crippen LogP contribution in [-0.2, 0) is 9.59 Å². The van der Waals surface area contributed by atoms with Crippen molar-refractivity contribution in [1.29, 1.82) is 0 Å². The van der Waals surface area contributed by atoms with E-state index < -0.39 is 5.91 Å². The summed E-state index contributed by atoms with van der Waals surface area (Å²) in [6.45, 7) is 1.89. The van der Waals surface area contributed by atoms with E-state index in [-0.39, 0.29) is 17.4 Å². The van der Waals surface area contributed by atoms with Crippen molar-refractivity contribution >= 4 is 28.9 Å². The lowest BCUT2D eigenvalue weighted by atomic mass is 10.1. The number of rotatable bonds is 3. The number of carbonyl (C=O) groups excluding carboxylic acids is 2. The second-order valence-electron chi connectivity index (χ2n) is 5.25. The van der Waals surface area contributed by atoms with E-state index in [0.29, 0.717) is 29.8 Å². The van der Waals surface area contributed by atoms with Crippen molar-refractivity contribution in [1.82, 2.24) is 0 Å². The minimum absolute atomic E-state index is 0.0105. The summed E-state index contributed by atoms with van der Waals surface area (Å²) >= 11 is 0. The number of anilines is 1. The molecule has 0 spiro atoms. The molecule has 1 aliphatic rings. The molecular weight excluding hydrogens is 292 g/mol. The minimum Gasteiger partial charge on any atom is -0.506 e. The average Bonchev–Trinajstić information content (AvgIpc) is 2.82. The second kappa shape index (κ2) is 6.04. The Balaban J connectivity index is 2.11. The van der Waals surface area contributed by atoms with Crippen molar-refractivity contribution in [3.8, 4) is 5.75 Å². The molecule has 1 heterocycles. The summed E-state index contributed by atoms with van der Waals surface area (Å²) in [6, 6.07) is 13.6. The molecule has 5 nitrogen and oxygen atoms in total. The highest BCUT2D eigenvalue weighted by Crippen LogP contribution is 2.33. The lowest BCUT2D eigenvalue weighted by Gasteiger charge is -2.13. The molecule has 0 radical (unpaired) electrons. The summed E-state index contributed by atoms with van der Waals surface area (Å²) in [4.78, 5) is 30.4. The molecule has 2 aromatic rings. The van der Waals surface area contributed by atoms with Crippen molar-refractivity contribution in [2.45, 2.75) is 19.8 Å². The average molecular weight is 308 g/mol. The third-order valence-electron chi connectivity index (χ3n) is 3.63. The van der Waals surface area contributed by atoms with E-state index >= 15 is 0 Å². The van der Waals surface area contributed by atoms with E-state index in [0.717, 1.165) is 0 Å². The summed E-state index contributed by atoms with van der Waals surface area (Å²) < 4.78 is 0. The lowest BCUT2D eigenvalue weighted by Crippen LogP contribution is -2.35. The number of benzene rings is 2. The van der Waals surface area contributed by atoms with Gasteiger partial charge in [-0.3, -0.25) is 9.59 Å². The maximum Gasteiger partial charge on any atom is 0.284 e. The summed E-state index contributed by atoms with van der Waals surface area (Å²) in [7, 11) is 0. The van der Waals surface area contributed by atoms with Gasteiger partial charge in [-0.15, -0.1) is 0 Å². The Morgan fingerprint density at radius 3 is 2.57 bits per heavy atom. The molecule has 0 aliphatic carbocycles. The van der Waals surface area contributed by atoms with Crippen LogP contribution in [0.3, 0.4) is 0 Å². The number of hydrogen-bond acceptors (Lipinski definition) is 4. The van der Waals surface area contributed by atoms with Crippen LogP contribution in [0.15, 0.2) is 53.5 Å². The van der Waals surface area contributed by atoms with Crippen molar-refractivity contribution in [2.24, 2.45) is 4.99 Å². The van der Waals surface area contributed by atoms with E-state index in [1.807, 2.05) is 6.92 Å². The normalized spacial score (nSPS) is 15.1. The predicted molar refractivity (Wildman–Crippen MR) is 88.1 cm³/mol. The summed E-state index contributed by atoms with van der Waals surface area (Å²) in [5.41, 5.74) is 1.62. The number of hydrogen-bond donors (Lipinski definition) is 1. The number of imide groups is 1. The highest BCUT2D eigenvalue weighted by molar-refractivity contribution is 6.58. The van der Waals surface area contributed by atoms with Gasteiger partial charge in [0.05, 0.1) is 5.69 Å². The Hall–Kier alpha value is -2.95. The number of para-hydroxylation sites is 3. The highest BCUT2D eigenvalue weighted by atomic mass is 16.3. The van der Waals surface area contributed by atoms with E-state index in [2.05, 4.69) is 4.99 Å². The first-order chi connectivity index (χ1) is 11.1. The third kappa shape index (κ3) is 2.61. The Morgan fingerprint density at radius 1 is 1.13 bits per heavy atom. The number of amides is 2. The maximum atomic E-state index is 12.7. The van der Waals surface area contributed by atoms with Crippen LogP contribution in [-0.4, -0.2) is 22.6 Å². The van der Waals surface area contributed by atoms with Gasteiger partial charge in [-0.05, 0) is 24.6 Å². The van der Waals surface area contributed by atoms with Crippen LogP contribution in [0.4, 0.5) is 11.4 Å². The predicted octanol–water partition coefficient (Wildman–Crippen LogP) is 3.19. The smallest absolute Gasteiger partial charge is 0.284 e. The van der Waals surface area contributed by atoms with Crippen LogP contribution in [0.1, 0.15) is 25.3 Å². The van der Waals surface area contributed by atoms with Gasteiger partial charge in [0.2, 0.25) is 5.91 Å². The van der Waals surface area contributed by atoms with Crippen LogP contribution < -0.4 is 4.90 Å². The first kappa shape index (κ1) is 15.0. The van der Waals surface area contributed by atoms with E-state index in [9.17, 15) is 14.7 Å². The number of nitrogens with zero attached hydrogens (tertiary/aromatic N) is 2. The highest BCUT2D eigenvalue weighted by Gasteiger charge is 2.37. The number of aliphatic imine (C=N–C) groups is 1. The molecule has 116 valence electrons. The van der Waals surface area contributed by atoms with Crippen LogP contribution in [0.2, 0.25) is 0 Å². The molecule has 2 amide bonds. The number of phenolic OH excluding ortho intramolecular Hbond substituents is 1. The van der Waals surface area contributed by atoms with Crippen LogP contribution in [0, 0.1) is 0 Å². The van der Waals surface area contributed by atoms with E-state index in [1.54, 1.807) is 42.5 Å². The molecule has 0 saturated carbocycles. The number of carbonyl (C=O) groups is 2. The third-order valence-corrected chi connectivity index (χ3v) is 3.63. The zero-order chi connectivity index (χ0) is 16.4. The number of fused-ring (bicyclic) bond motifs is 1. The molecule has 5 heteroatoms. The molecule has 1 N–H and O–H groups in total. The van der Waals surface area contributed by atoms with Crippen molar-refractivity contribution < 1.29 is 14.7 Å². The molecule has 1 aliphatic heterocycles. The Bertz CT molecular complexity index is 811. The zero-order valence-electron chi connectivity index (χ0n) is 12.7. The van der Waals surface area contributed by atoms with Gasteiger partial charge in [-0.25, -0.2) is 9.89 Å². The van der Waals surface area contributed by atoms with Crippen molar-refractivity contribution in [2.75, 3.05) is 4.90 Å². The monoisotopic (exact) mass is 308 g/mol. The molecule has 0 atom stereocenters. The molecule has 0 aromatic heterocycles. The summed E-state index contributed by atoms with van der Waals surface area (Å²) in [5, 5.41) is 9.87. The topological polar surface area (TPSA) is 70.0 Å². The largest absolute Gasteiger partial charge is 0.506 e. The molecular formula is C18H16N2O3. The quantitative estimate of drug-likeness (QED) is 0.946. The maximum absolute atomic E-state index is 12.7. The molecule has 0 bridgehead atoms. The standard InChI is InChI=1S/C18H16N2O3/c1-2-7-16(22)20-14-10-5-3-8-12(14)17(18(20)23)19-13-9-4-6-11-15(13)21/h3-6,8-11,21H,2,7H2,1H3. The first-order valence-electron chi connectivity index (χ1n) is 7.47. The molecule has 23 heavy (non-hydrogen) atoms. The van der Waals surface area contributed by atoms with Gasteiger partial charge >= 0.3 is 0 Å². The number of phenols is 1. The second-order valence-corrected chi connectivity index (χ2v) is 5.25. The van der Waals surface area contributed by atoms with Gasteiger partial charge in [0.15, 0.2) is 0 Å². The Labute approximate surface area is 133 Å². The van der Waals surface area contributed by atoms with Gasteiger partial charge in [0, 0.05) is 12.0 Å². The summed E-state index contributed by atoms with van der Waals surface area (Å²) in [5.74, 6) is -0.705.